The molecule has 2 heterocycles. The fourth-order valence-corrected chi connectivity index (χ4v) is 2.36. The summed E-state index contributed by atoms with van der Waals surface area (Å²) in [4.78, 5) is 28.2. The van der Waals surface area contributed by atoms with Gasteiger partial charge in [-0.1, -0.05) is 13.8 Å². The number of amides is 2. The summed E-state index contributed by atoms with van der Waals surface area (Å²) in [5.74, 6) is -0.410. The van der Waals surface area contributed by atoms with Gasteiger partial charge in [0.15, 0.2) is 0 Å². The SMILES string of the molecule is CC1(C)CCCNC1C(=O)N[C@@H]1CONC1=O. The van der Waals surface area contributed by atoms with E-state index in [9.17, 15) is 9.59 Å². The molecule has 96 valence electrons. The van der Waals surface area contributed by atoms with Gasteiger partial charge < -0.3 is 10.6 Å². The van der Waals surface area contributed by atoms with Crippen molar-refractivity contribution in [3.05, 3.63) is 0 Å². The van der Waals surface area contributed by atoms with Crippen LogP contribution in [0.3, 0.4) is 0 Å². The molecule has 2 rings (SSSR count). The number of nitrogens with one attached hydrogen (secondary N) is 3. The minimum Gasteiger partial charge on any atom is -0.341 e. The van der Waals surface area contributed by atoms with Gasteiger partial charge in [-0.05, 0) is 24.8 Å². The van der Waals surface area contributed by atoms with Gasteiger partial charge in [-0.15, -0.1) is 0 Å². The highest BCUT2D eigenvalue weighted by atomic mass is 16.7. The molecule has 2 aliphatic heterocycles. The van der Waals surface area contributed by atoms with E-state index >= 15 is 0 Å². The average Bonchev–Trinajstić information content (AvgIpc) is 2.63. The average molecular weight is 241 g/mol. The van der Waals surface area contributed by atoms with Gasteiger partial charge in [-0.25, -0.2) is 5.48 Å². The minimum absolute atomic E-state index is 0.0850. The molecule has 17 heavy (non-hydrogen) atoms. The van der Waals surface area contributed by atoms with Crippen molar-refractivity contribution in [2.24, 2.45) is 5.41 Å². The third-order valence-electron chi connectivity index (χ3n) is 3.45. The van der Waals surface area contributed by atoms with E-state index in [1.165, 1.54) is 0 Å². The Morgan fingerprint density at radius 1 is 1.53 bits per heavy atom. The molecule has 0 aromatic carbocycles. The van der Waals surface area contributed by atoms with E-state index < -0.39 is 6.04 Å². The Morgan fingerprint density at radius 3 is 2.88 bits per heavy atom. The van der Waals surface area contributed by atoms with Crippen molar-refractivity contribution in [1.29, 1.82) is 0 Å². The zero-order valence-corrected chi connectivity index (χ0v) is 10.2. The third-order valence-corrected chi connectivity index (χ3v) is 3.45. The van der Waals surface area contributed by atoms with Crippen LogP contribution in [0.25, 0.3) is 0 Å². The summed E-state index contributed by atoms with van der Waals surface area (Å²) < 4.78 is 0. The first kappa shape index (κ1) is 12.3. The van der Waals surface area contributed by atoms with E-state index in [-0.39, 0.29) is 29.9 Å². The van der Waals surface area contributed by atoms with Crippen LogP contribution in [-0.4, -0.2) is 37.0 Å². The second-order valence-electron chi connectivity index (χ2n) is 5.32. The highest BCUT2D eigenvalue weighted by molar-refractivity contribution is 5.90. The topological polar surface area (TPSA) is 79.5 Å². The first-order chi connectivity index (χ1) is 8.00. The minimum atomic E-state index is -0.568. The van der Waals surface area contributed by atoms with E-state index in [2.05, 4.69) is 30.0 Å². The number of hydrogen-bond donors (Lipinski definition) is 3. The Labute approximate surface area is 100 Å². The van der Waals surface area contributed by atoms with Crippen LogP contribution in [0.1, 0.15) is 26.7 Å². The van der Waals surface area contributed by atoms with Crippen LogP contribution in [0.15, 0.2) is 0 Å². The second-order valence-corrected chi connectivity index (χ2v) is 5.32. The maximum absolute atomic E-state index is 12.1. The van der Waals surface area contributed by atoms with Gasteiger partial charge in [-0.2, -0.15) is 0 Å². The maximum Gasteiger partial charge on any atom is 0.268 e. The third kappa shape index (κ3) is 2.58. The van der Waals surface area contributed by atoms with Crippen LogP contribution in [0.5, 0.6) is 0 Å². The molecule has 6 nitrogen and oxygen atoms in total. The summed E-state index contributed by atoms with van der Waals surface area (Å²) in [6.07, 6.45) is 2.08. The monoisotopic (exact) mass is 241 g/mol. The molecule has 0 saturated carbocycles. The van der Waals surface area contributed by atoms with Crippen molar-refractivity contribution < 1.29 is 14.4 Å². The molecule has 0 radical (unpaired) electrons. The number of hydrogen-bond acceptors (Lipinski definition) is 4. The van der Waals surface area contributed by atoms with Crippen molar-refractivity contribution >= 4 is 11.8 Å². The predicted octanol–water partition coefficient (Wildman–Crippen LogP) is -0.689. The molecule has 1 unspecified atom stereocenters. The Kier molecular flexibility index (Phi) is 3.35. The lowest BCUT2D eigenvalue weighted by atomic mass is 9.77. The molecule has 2 aliphatic rings. The summed E-state index contributed by atoms with van der Waals surface area (Å²) in [6, 6.07) is -0.813. The number of carbonyl (C=O) groups is 2. The molecule has 2 atom stereocenters. The van der Waals surface area contributed by atoms with Gasteiger partial charge >= 0.3 is 0 Å². The first-order valence-electron chi connectivity index (χ1n) is 5.96. The molecular weight excluding hydrogens is 222 g/mol. The van der Waals surface area contributed by atoms with Crippen molar-refractivity contribution in [2.45, 2.75) is 38.8 Å². The summed E-state index contributed by atoms with van der Waals surface area (Å²) >= 11 is 0. The molecule has 0 spiro atoms. The van der Waals surface area contributed by atoms with E-state index in [1.807, 2.05) is 0 Å². The van der Waals surface area contributed by atoms with Crippen LogP contribution in [0.4, 0.5) is 0 Å². The molecule has 2 amide bonds. The largest absolute Gasteiger partial charge is 0.341 e. The molecule has 0 aliphatic carbocycles. The molecule has 0 bridgehead atoms. The lowest BCUT2D eigenvalue weighted by Crippen LogP contribution is -2.58. The molecular formula is C11H19N3O3. The standard InChI is InChI=1S/C11H19N3O3/c1-11(2)4-3-5-12-8(11)10(16)13-7-6-17-14-9(7)15/h7-8,12H,3-6H2,1-2H3,(H,13,16)(H,14,15)/t7-,8?/m1/s1. The summed E-state index contributed by atoms with van der Waals surface area (Å²) in [5, 5.41) is 5.93. The quantitative estimate of drug-likeness (QED) is 0.598. The lowest BCUT2D eigenvalue weighted by Gasteiger charge is -2.38. The molecule has 2 saturated heterocycles. The van der Waals surface area contributed by atoms with Crippen molar-refractivity contribution in [1.82, 2.24) is 16.1 Å². The zero-order valence-electron chi connectivity index (χ0n) is 10.2. The van der Waals surface area contributed by atoms with Gasteiger partial charge in [0.1, 0.15) is 12.6 Å². The number of hydroxylamine groups is 1. The van der Waals surface area contributed by atoms with Gasteiger partial charge in [0.25, 0.3) is 5.91 Å². The van der Waals surface area contributed by atoms with E-state index in [0.29, 0.717) is 0 Å². The summed E-state index contributed by atoms with van der Waals surface area (Å²) in [6.45, 7) is 5.16. The Balaban J connectivity index is 1.96. The van der Waals surface area contributed by atoms with Crippen LogP contribution < -0.4 is 16.1 Å². The van der Waals surface area contributed by atoms with Gasteiger partial charge in [-0.3, -0.25) is 14.4 Å². The van der Waals surface area contributed by atoms with Gasteiger partial charge in [0, 0.05) is 0 Å². The van der Waals surface area contributed by atoms with E-state index in [0.717, 1.165) is 19.4 Å². The smallest absolute Gasteiger partial charge is 0.268 e. The second kappa shape index (κ2) is 4.62. The normalized spacial score (nSPS) is 32.0. The Hall–Kier alpha value is -1.14. The van der Waals surface area contributed by atoms with Crippen molar-refractivity contribution in [3.8, 4) is 0 Å². The Morgan fingerprint density at radius 2 is 2.29 bits per heavy atom. The molecule has 0 aromatic rings. The first-order valence-corrected chi connectivity index (χ1v) is 5.96. The van der Waals surface area contributed by atoms with Crippen LogP contribution >= 0.6 is 0 Å². The predicted molar refractivity (Wildman–Crippen MR) is 60.8 cm³/mol. The number of rotatable bonds is 2. The van der Waals surface area contributed by atoms with Crippen LogP contribution in [0.2, 0.25) is 0 Å². The zero-order chi connectivity index (χ0) is 12.5. The van der Waals surface area contributed by atoms with Crippen molar-refractivity contribution in [3.63, 3.8) is 0 Å². The molecule has 2 fully saturated rings. The summed E-state index contributed by atoms with van der Waals surface area (Å²) in [7, 11) is 0. The lowest BCUT2D eigenvalue weighted by molar-refractivity contribution is -0.131. The Bertz CT molecular complexity index is 330. The molecule has 6 heteroatoms. The highest BCUT2D eigenvalue weighted by Crippen LogP contribution is 2.30. The maximum atomic E-state index is 12.1. The summed E-state index contributed by atoms with van der Waals surface area (Å²) in [5.41, 5.74) is 2.14. The van der Waals surface area contributed by atoms with Gasteiger partial charge in [0.05, 0.1) is 6.04 Å². The van der Waals surface area contributed by atoms with E-state index in [4.69, 9.17) is 4.84 Å². The fourth-order valence-electron chi connectivity index (χ4n) is 2.36. The highest BCUT2D eigenvalue weighted by Gasteiger charge is 2.39. The van der Waals surface area contributed by atoms with Gasteiger partial charge in [0.2, 0.25) is 5.91 Å². The van der Waals surface area contributed by atoms with Crippen molar-refractivity contribution in [2.75, 3.05) is 13.2 Å². The number of carbonyl (C=O) groups excluding carboxylic acids is 2. The van der Waals surface area contributed by atoms with Crippen LogP contribution in [0, 0.1) is 5.41 Å². The number of piperidine rings is 1. The van der Waals surface area contributed by atoms with Crippen LogP contribution in [-0.2, 0) is 14.4 Å². The molecule has 0 aromatic heterocycles. The molecule has 3 N–H and O–H groups in total. The fraction of sp³-hybridized carbons (Fsp3) is 0.818. The van der Waals surface area contributed by atoms with E-state index in [1.54, 1.807) is 0 Å².